The van der Waals surface area contributed by atoms with Gasteiger partial charge in [0.1, 0.15) is 11.9 Å². The molecular weight excluding hydrogens is 346 g/mol. The number of hydrogen-bond donors (Lipinski definition) is 2. The summed E-state index contributed by atoms with van der Waals surface area (Å²) in [6.45, 7) is 1.05. The molecule has 7 heteroatoms. The van der Waals surface area contributed by atoms with Crippen molar-refractivity contribution in [2.75, 3.05) is 18.6 Å². The van der Waals surface area contributed by atoms with Crippen molar-refractivity contribution in [3.05, 3.63) is 40.7 Å². The van der Waals surface area contributed by atoms with E-state index in [0.717, 1.165) is 28.5 Å². The number of benzene rings is 1. The number of amides is 1. The van der Waals surface area contributed by atoms with E-state index in [1.807, 2.05) is 30.5 Å². The van der Waals surface area contributed by atoms with Crippen LogP contribution in [0.3, 0.4) is 0 Å². The molecule has 0 aliphatic carbocycles. The van der Waals surface area contributed by atoms with Crippen LogP contribution in [0, 0.1) is 0 Å². The summed E-state index contributed by atoms with van der Waals surface area (Å²) in [6.07, 6.45) is 2.23. The zero-order valence-electron chi connectivity index (χ0n) is 13.5. The maximum absolute atomic E-state index is 12.3. The maximum atomic E-state index is 12.3. The zero-order valence-corrected chi connectivity index (χ0v) is 15.0. The van der Waals surface area contributed by atoms with Gasteiger partial charge in [-0.15, -0.1) is 0 Å². The molecular formula is C17H20ClN3O2S. The Morgan fingerprint density at radius 1 is 1.46 bits per heavy atom. The van der Waals surface area contributed by atoms with Crippen LogP contribution in [0.1, 0.15) is 17.8 Å². The van der Waals surface area contributed by atoms with Crippen molar-refractivity contribution in [1.29, 1.82) is 0 Å². The molecule has 5 nitrogen and oxygen atoms in total. The lowest BCUT2D eigenvalue weighted by molar-refractivity contribution is -0.141. The highest BCUT2D eigenvalue weighted by Crippen LogP contribution is 2.24. The minimum atomic E-state index is -0.919. The topological polar surface area (TPSA) is 69.2 Å². The van der Waals surface area contributed by atoms with Crippen LogP contribution in [0.4, 0.5) is 0 Å². The number of hydrogen-bond acceptors (Lipinski definition) is 4. The number of thioether (sulfide) groups is 1. The smallest absolute Gasteiger partial charge is 0.251 e. The van der Waals surface area contributed by atoms with Gasteiger partial charge < -0.3 is 15.0 Å². The number of nitrogens with zero attached hydrogens (tertiary/aromatic N) is 2. The van der Waals surface area contributed by atoms with Gasteiger partial charge in [-0.1, -0.05) is 11.6 Å². The Balaban J connectivity index is 1.72. The fourth-order valence-electron chi connectivity index (χ4n) is 2.79. The lowest BCUT2D eigenvalue weighted by atomic mass is 10.1. The molecule has 128 valence electrons. The zero-order chi connectivity index (χ0) is 17.1. The van der Waals surface area contributed by atoms with Crippen molar-refractivity contribution >= 4 is 29.3 Å². The second-order valence-electron chi connectivity index (χ2n) is 5.82. The third kappa shape index (κ3) is 3.77. The van der Waals surface area contributed by atoms with Crippen LogP contribution in [0.25, 0.3) is 11.4 Å². The van der Waals surface area contributed by atoms with Crippen molar-refractivity contribution in [2.45, 2.75) is 25.5 Å². The van der Waals surface area contributed by atoms with E-state index in [9.17, 15) is 9.90 Å². The van der Waals surface area contributed by atoms with Gasteiger partial charge >= 0.3 is 0 Å². The van der Waals surface area contributed by atoms with Crippen LogP contribution in [0.2, 0.25) is 5.02 Å². The number of fused-ring (bicyclic) bond motifs is 1. The van der Waals surface area contributed by atoms with Crippen molar-refractivity contribution in [3.8, 4) is 11.4 Å². The molecule has 1 aliphatic rings. The molecule has 1 unspecified atom stereocenters. The van der Waals surface area contributed by atoms with Crippen LogP contribution in [-0.4, -0.2) is 50.5 Å². The predicted octanol–water partition coefficient (Wildman–Crippen LogP) is 2.73. The van der Waals surface area contributed by atoms with E-state index in [1.54, 1.807) is 16.7 Å². The minimum Gasteiger partial charge on any atom is -0.383 e. The average Bonchev–Trinajstić information content (AvgIpc) is 3.02. The Kier molecular flexibility index (Phi) is 5.48. The molecule has 2 aromatic rings. The second-order valence-corrected chi connectivity index (χ2v) is 7.25. The number of halogens is 1. The fourth-order valence-corrected chi connectivity index (χ4v) is 3.38. The molecule has 1 aliphatic heterocycles. The van der Waals surface area contributed by atoms with Gasteiger partial charge in [0, 0.05) is 23.6 Å². The van der Waals surface area contributed by atoms with Gasteiger partial charge in [0.2, 0.25) is 0 Å². The summed E-state index contributed by atoms with van der Waals surface area (Å²) in [7, 11) is 0. The van der Waals surface area contributed by atoms with E-state index < -0.39 is 6.10 Å². The molecule has 3 rings (SSSR count). The molecule has 0 fully saturated rings. The molecule has 0 radical (unpaired) electrons. The molecule has 1 aromatic carbocycles. The lowest BCUT2D eigenvalue weighted by Gasteiger charge is -2.28. The van der Waals surface area contributed by atoms with E-state index in [0.29, 0.717) is 31.0 Å². The van der Waals surface area contributed by atoms with Gasteiger partial charge in [-0.05, 0) is 42.7 Å². The first-order chi connectivity index (χ1) is 11.6. The number of rotatable bonds is 5. The summed E-state index contributed by atoms with van der Waals surface area (Å²) in [5.41, 5.74) is 2.89. The summed E-state index contributed by atoms with van der Waals surface area (Å²) in [5, 5.41) is 10.7. The Labute approximate surface area is 150 Å². The van der Waals surface area contributed by atoms with Crippen molar-refractivity contribution < 1.29 is 9.90 Å². The number of carbonyl (C=O) groups excluding carboxylic acids is 1. The normalized spacial score (nSPS) is 15.2. The van der Waals surface area contributed by atoms with Crippen molar-refractivity contribution in [3.63, 3.8) is 0 Å². The van der Waals surface area contributed by atoms with Gasteiger partial charge in [0.15, 0.2) is 0 Å². The van der Waals surface area contributed by atoms with Gasteiger partial charge in [0.05, 0.1) is 17.9 Å². The third-order valence-electron chi connectivity index (χ3n) is 4.14. The summed E-state index contributed by atoms with van der Waals surface area (Å²) in [5.74, 6) is 1.36. The first-order valence-electron chi connectivity index (χ1n) is 7.88. The van der Waals surface area contributed by atoms with Crippen LogP contribution in [0.15, 0.2) is 24.3 Å². The number of aliphatic hydroxyl groups is 1. The van der Waals surface area contributed by atoms with Gasteiger partial charge in [-0.25, -0.2) is 4.98 Å². The molecule has 0 bridgehead atoms. The SMILES string of the molecule is CSCCC(O)C(=O)N1CCc2nc(-c3ccc(Cl)cc3)[nH]c2C1. The second kappa shape index (κ2) is 7.59. The molecule has 0 spiro atoms. The van der Waals surface area contributed by atoms with Crippen molar-refractivity contribution in [2.24, 2.45) is 0 Å². The van der Waals surface area contributed by atoms with Gasteiger partial charge in [-0.3, -0.25) is 4.79 Å². The largest absolute Gasteiger partial charge is 0.383 e. The Morgan fingerprint density at radius 2 is 2.21 bits per heavy atom. The summed E-state index contributed by atoms with van der Waals surface area (Å²) in [4.78, 5) is 22.0. The van der Waals surface area contributed by atoms with Crippen LogP contribution >= 0.6 is 23.4 Å². The Hall–Kier alpha value is -1.50. The average molecular weight is 366 g/mol. The number of imidazole rings is 1. The highest BCUT2D eigenvalue weighted by Gasteiger charge is 2.27. The molecule has 2 N–H and O–H groups in total. The van der Waals surface area contributed by atoms with E-state index in [2.05, 4.69) is 9.97 Å². The van der Waals surface area contributed by atoms with Crippen LogP contribution in [-0.2, 0) is 17.8 Å². The Bertz CT molecular complexity index is 717. The molecule has 0 saturated carbocycles. The van der Waals surface area contributed by atoms with Crippen molar-refractivity contribution in [1.82, 2.24) is 14.9 Å². The standard InChI is InChI=1S/C17H20ClN3O2S/c1-24-9-7-15(22)17(23)21-8-6-13-14(10-21)20-16(19-13)11-2-4-12(18)5-3-11/h2-5,15,22H,6-10H2,1H3,(H,19,20). The minimum absolute atomic E-state index is 0.197. The molecule has 2 heterocycles. The van der Waals surface area contributed by atoms with Crippen LogP contribution < -0.4 is 0 Å². The van der Waals surface area contributed by atoms with E-state index in [4.69, 9.17) is 11.6 Å². The first kappa shape index (κ1) is 17.3. The summed E-state index contributed by atoms with van der Waals surface area (Å²) >= 11 is 7.55. The van der Waals surface area contributed by atoms with Crippen LogP contribution in [0.5, 0.6) is 0 Å². The van der Waals surface area contributed by atoms with Gasteiger partial charge in [0.25, 0.3) is 5.91 Å². The van der Waals surface area contributed by atoms with E-state index in [1.165, 1.54) is 0 Å². The maximum Gasteiger partial charge on any atom is 0.251 e. The highest BCUT2D eigenvalue weighted by atomic mass is 35.5. The molecule has 1 aromatic heterocycles. The Morgan fingerprint density at radius 3 is 2.92 bits per heavy atom. The van der Waals surface area contributed by atoms with E-state index >= 15 is 0 Å². The number of aliphatic hydroxyl groups excluding tert-OH is 1. The van der Waals surface area contributed by atoms with E-state index in [-0.39, 0.29) is 5.91 Å². The number of aromatic nitrogens is 2. The van der Waals surface area contributed by atoms with Gasteiger partial charge in [-0.2, -0.15) is 11.8 Å². The fraction of sp³-hybridized carbons (Fsp3) is 0.412. The highest BCUT2D eigenvalue weighted by molar-refractivity contribution is 7.98. The molecule has 24 heavy (non-hydrogen) atoms. The molecule has 1 atom stereocenters. The number of carbonyl (C=O) groups is 1. The number of H-pyrrole nitrogens is 1. The summed E-state index contributed by atoms with van der Waals surface area (Å²) in [6, 6.07) is 7.50. The molecule has 1 amide bonds. The predicted molar refractivity (Wildman–Crippen MR) is 97.2 cm³/mol. The lowest BCUT2D eigenvalue weighted by Crippen LogP contribution is -2.42. The quantitative estimate of drug-likeness (QED) is 0.854. The molecule has 0 saturated heterocycles. The number of nitrogens with one attached hydrogen (secondary N) is 1. The summed E-state index contributed by atoms with van der Waals surface area (Å²) < 4.78 is 0. The number of aromatic amines is 1. The first-order valence-corrected chi connectivity index (χ1v) is 9.65. The monoisotopic (exact) mass is 365 g/mol. The third-order valence-corrected chi connectivity index (χ3v) is 5.04.